The van der Waals surface area contributed by atoms with Gasteiger partial charge >= 0.3 is 0 Å². The Morgan fingerprint density at radius 3 is 2.52 bits per heavy atom. The van der Waals surface area contributed by atoms with Gasteiger partial charge in [-0.25, -0.2) is 0 Å². The highest BCUT2D eigenvalue weighted by molar-refractivity contribution is 5.99. The van der Waals surface area contributed by atoms with Crippen molar-refractivity contribution in [2.24, 2.45) is 0 Å². The van der Waals surface area contributed by atoms with Gasteiger partial charge in [-0.15, -0.1) is 0 Å². The van der Waals surface area contributed by atoms with Crippen LogP contribution in [0.25, 0.3) is 22.1 Å². The molecule has 1 aliphatic heterocycles. The SMILES string of the molecule is C[C@@H]1CCCN1CCc1cc2cc(-c3ccc(C(O)C(=O)c4ccccc4)cc3)ccc2o1. The molecular weight excluding hydrogens is 410 g/mol. The first-order valence-electron chi connectivity index (χ1n) is 11.7. The van der Waals surface area contributed by atoms with Gasteiger partial charge in [-0.3, -0.25) is 4.79 Å². The number of ketones is 1. The lowest BCUT2D eigenvalue weighted by Crippen LogP contribution is -2.28. The molecule has 0 amide bonds. The Kier molecular flexibility index (Phi) is 6.12. The second-order valence-electron chi connectivity index (χ2n) is 9.00. The zero-order valence-corrected chi connectivity index (χ0v) is 18.9. The predicted octanol–water partition coefficient (Wildman–Crippen LogP) is 6.04. The van der Waals surface area contributed by atoms with Gasteiger partial charge in [-0.1, -0.05) is 60.7 Å². The summed E-state index contributed by atoms with van der Waals surface area (Å²) in [5.74, 6) is 0.734. The Hall–Kier alpha value is -3.21. The van der Waals surface area contributed by atoms with Crippen LogP contribution in [0.3, 0.4) is 0 Å². The van der Waals surface area contributed by atoms with Crippen molar-refractivity contribution in [1.29, 1.82) is 0 Å². The van der Waals surface area contributed by atoms with Crippen LogP contribution in [0.15, 0.2) is 83.3 Å². The average molecular weight is 440 g/mol. The van der Waals surface area contributed by atoms with Crippen molar-refractivity contribution in [3.05, 3.63) is 95.7 Å². The normalized spacial score (nSPS) is 17.5. The Morgan fingerprint density at radius 1 is 1.03 bits per heavy atom. The molecule has 0 radical (unpaired) electrons. The van der Waals surface area contributed by atoms with Crippen molar-refractivity contribution in [2.45, 2.75) is 38.3 Å². The van der Waals surface area contributed by atoms with E-state index in [4.69, 9.17) is 4.42 Å². The van der Waals surface area contributed by atoms with E-state index in [0.717, 1.165) is 40.8 Å². The van der Waals surface area contributed by atoms with Crippen LogP contribution in [0.2, 0.25) is 0 Å². The van der Waals surface area contributed by atoms with Crippen molar-refractivity contribution in [2.75, 3.05) is 13.1 Å². The minimum atomic E-state index is -1.17. The number of carbonyl (C=O) groups excluding carboxylic acids is 1. The predicted molar refractivity (Wildman–Crippen MR) is 131 cm³/mol. The molecule has 2 heterocycles. The summed E-state index contributed by atoms with van der Waals surface area (Å²) in [6, 6.07) is 25.5. The molecule has 168 valence electrons. The highest BCUT2D eigenvalue weighted by Crippen LogP contribution is 2.29. The highest BCUT2D eigenvalue weighted by atomic mass is 16.3. The van der Waals surface area contributed by atoms with E-state index in [1.165, 1.54) is 19.4 Å². The van der Waals surface area contributed by atoms with E-state index in [0.29, 0.717) is 17.2 Å². The van der Waals surface area contributed by atoms with Gasteiger partial charge in [0.25, 0.3) is 0 Å². The van der Waals surface area contributed by atoms with Crippen molar-refractivity contribution in [1.82, 2.24) is 4.90 Å². The molecule has 1 aliphatic rings. The standard InChI is InChI=1S/C29H29NO3/c1-20-6-5-16-30(20)17-15-26-19-25-18-24(13-14-27(25)33-26)21-9-11-23(12-10-21)29(32)28(31)22-7-3-2-4-8-22/h2-4,7-14,18-20,29,32H,5-6,15-17H2,1H3/t20-,29?/m1/s1. The average Bonchev–Trinajstić information content (AvgIpc) is 3.47. The summed E-state index contributed by atoms with van der Waals surface area (Å²) in [5, 5.41) is 11.6. The quantitative estimate of drug-likeness (QED) is 0.357. The molecule has 0 saturated carbocycles. The molecule has 4 nitrogen and oxygen atoms in total. The number of aliphatic hydroxyl groups excluding tert-OH is 1. The molecule has 1 N–H and O–H groups in total. The summed E-state index contributed by atoms with van der Waals surface area (Å²) in [5.41, 5.74) is 4.13. The summed E-state index contributed by atoms with van der Waals surface area (Å²) >= 11 is 0. The summed E-state index contributed by atoms with van der Waals surface area (Å²) in [6.07, 6.45) is 2.34. The van der Waals surface area contributed by atoms with Gasteiger partial charge in [0, 0.05) is 30.0 Å². The zero-order chi connectivity index (χ0) is 22.8. The van der Waals surface area contributed by atoms with E-state index in [1.807, 2.05) is 36.4 Å². The monoisotopic (exact) mass is 439 g/mol. The maximum Gasteiger partial charge on any atom is 0.195 e. The van der Waals surface area contributed by atoms with Crippen molar-refractivity contribution in [3.8, 4) is 11.1 Å². The topological polar surface area (TPSA) is 53.7 Å². The summed E-state index contributed by atoms with van der Waals surface area (Å²) in [6.45, 7) is 4.53. The summed E-state index contributed by atoms with van der Waals surface area (Å²) < 4.78 is 6.08. The molecule has 33 heavy (non-hydrogen) atoms. The van der Waals surface area contributed by atoms with Crippen molar-refractivity contribution in [3.63, 3.8) is 0 Å². The molecule has 5 rings (SSSR count). The van der Waals surface area contributed by atoms with Crippen molar-refractivity contribution >= 4 is 16.8 Å². The lowest BCUT2D eigenvalue weighted by molar-refractivity contribution is 0.0747. The summed E-state index contributed by atoms with van der Waals surface area (Å²) in [4.78, 5) is 15.1. The number of hydrogen-bond acceptors (Lipinski definition) is 4. The first kappa shape index (κ1) is 21.6. The summed E-state index contributed by atoms with van der Waals surface area (Å²) in [7, 11) is 0. The van der Waals surface area contributed by atoms with Gasteiger partial charge in [-0.05, 0) is 61.2 Å². The minimum absolute atomic E-state index is 0.293. The highest BCUT2D eigenvalue weighted by Gasteiger charge is 2.20. The molecule has 1 saturated heterocycles. The third kappa shape index (κ3) is 4.63. The number of rotatable bonds is 7. The molecule has 1 unspecified atom stereocenters. The second kappa shape index (κ2) is 9.34. The fourth-order valence-electron chi connectivity index (χ4n) is 4.75. The van der Waals surface area contributed by atoms with Crippen LogP contribution >= 0.6 is 0 Å². The van der Waals surface area contributed by atoms with Gasteiger partial charge in [0.05, 0.1) is 0 Å². The van der Waals surface area contributed by atoms with E-state index in [-0.39, 0.29) is 5.78 Å². The van der Waals surface area contributed by atoms with Crippen LogP contribution in [-0.2, 0) is 6.42 Å². The molecular formula is C29H29NO3. The second-order valence-corrected chi connectivity index (χ2v) is 9.00. The number of likely N-dealkylation sites (tertiary alicyclic amines) is 1. The van der Waals surface area contributed by atoms with Crippen LogP contribution in [0.4, 0.5) is 0 Å². The van der Waals surface area contributed by atoms with Crippen LogP contribution in [-0.4, -0.2) is 34.9 Å². The molecule has 3 aromatic carbocycles. The van der Waals surface area contributed by atoms with E-state index in [1.54, 1.807) is 24.3 Å². The van der Waals surface area contributed by atoms with Crippen LogP contribution in [0, 0.1) is 0 Å². The number of Topliss-reactive ketones (excluding diaryl/α,β-unsaturated/α-hetero) is 1. The van der Waals surface area contributed by atoms with Gasteiger partial charge in [0.1, 0.15) is 17.4 Å². The Bertz CT molecular complexity index is 1240. The smallest absolute Gasteiger partial charge is 0.195 e. The Morgan fingerprint density at radius 2 is 1.79 bits per heavy atom. The molecule has 4 aromatic rings. The third-order valence-electron chi connectivity index (χ3n) is 6.77. The van der Waals surface area contributed by atoms with Crippen LogP contribution < -0.4 is 0 Å². The third-order valence-corrected chi connectivity index (χ3v) is 6.77. The molecule has 0 aliphatic carbocycles. The number of aliphatic hydroxyl groups is 1. The van der Waals surface area contributed by atoms with Crippen molar-refractivity contribution < 1.29 is 14.3 Å². The van der Waals surface area contributed by atoms with E-state index in [9.17, 15) is 9.90 Å². The first-order chi connectivity index (χ1) is 16.1. The molecule has 1 fully saturated rings. The molecule has 0 spiro atoms. The largest absolute Gasteiger partial charge is 0.461 e. The number of furan rings is 1. The molecule has 4 heteroatoms. The Labute approximate surface area is 194 Å². The lowest BCUT2D eigenvalue weighted by atomic mass is 9.97. The molecule has 1 aromatic heterocycles. The van der Waals surface area contributed by atoms with Gasteiger partial charge < -0.3 is 14.4 Å². The van der Waals surface area contributed by atoms with E-state index in [2.05, 4.69) is 30.0 Å². The van der Waals surface area contributed by atoms with Crippen LogP contribution in [0.5, 0.6) is 0 Å². The van der Waals surface area contributed by atoms with E-state index >= 15 is 0 Å². The molecule has 2 atom stereocenters. The number of hydrogen-bond donors (Lipinski definition) is 1. The maximum atomic E-state index is 12.5. The first-order valence-corrected chi connectivity index (χ1v) is 11.7. The van der Waals surface area contributed by atoms with E-state index < -0.39 is 6.10 Å². The zero-order valence-electron chi connectivity index (χ0n) is 18.9. The fraction of sp³-hybridized carbons (Fsp3) is 0.276. The van der Waals surface area contributed by atoms with Gasteiger partial charge in [-0.2, -0.15) is 0 Å². The minimum Gasteiger partial charge on any atom is -0.461 e. The van der Waals surface area contributed by atoms with Crippen LogP contribution in [0.1, 0.15) is 47.6 Å². The van der Waals surface area contributed by atoms with Gasteiger partial charge in [0.2, 0.25) is 0 Å². The maximum absolute atomic E-state index is 12.5. The Balaban J connectivity index is 1.30. The number of fused-ring (bicyclic) bond motifs is 1. The number of nitrogens with zero attached hydrogens (tertiary/aromatic N) is 1. The van der Waals surface area contributed by atoms with Gasteiger partial charge in [0.15, 0.2) is 5.78 Å². The lowest BCUT2D eigenvalue weighted by Gasteiger charge is -2.19. The number of benzene rings is 3. The number of carbonyl (C=O) groups is 1. The molecule has 0 bridgehead atoms. The fourth-order valence-corrected chi connectivity index (χ4v) is 4.75.